The van der Waals surface area contributed by atoms with E-state index in [4.69, 9.17) is 15.7 Å². The predicted molar refractivity (Wildman–Crippen MR) is 78.4 cm³/mol. The van der Waals surface area contributed by atoms with Crippen LogP contribution in [0.2, 0.25) is 0 Å². The first kappa shape index (κ1) is 13.7. The van der Waals surface area contributed by atoms with E-state index in [0.29, 0.717) is 30.2 Å². The molecule has 0 amide bonds. The zero-order valence-electron chi connectivity index (χ0n) is 11.0. The van der Waals surface area contributed by atoms with Crippen LogP contribution < -0.4 is 15.8 Å². The number of aromatic nitrogens is 1. The second-order valence-electron chi connectivity index (χ2n) is 4.17. The van der Waals surface area contributed by atoms with E-state index in [-0.39, 0.29) is 0 Å². The zero-order chi connectivity index (χ0) is 14.2. The summed E-state index contributed by atoms with van der Waals surface area (Å²) >= 11 is 0. The average Bonchev–Trinajstić information content (AvgIpc) is 2.49. The van der Waals surface area contributed by atoms with Crippen molar-refractivity contribution < 1.29 is 4.74 Å². The van der Waals surface area contributed by atoms with Crippen molar-refractivity contribution in [2.45, 2.75) is 6.42 Å². The average molecular weight is 268 g/mol. The first-order valence-electron chi connectivity index (χ1n) is 6.37. The summed E-state index contributed by atoms with van der Waals surface area (Å²) in [5.74, 6) is 1.40. The fourth-order valence-corrected chi connectivity index (χ4v) is 1.70. The van der Waals surface area contributed by atoms with Gasteiger partial charge in [-0.3, -0.25) is 0 Å². The number of rotatable bonds is 6. The molecule has 1 aromatic heterocycles. The molecule has 0 spiro atoms. The summed E-state index contributed by atoms with van der Waals surface area (Å²) in [6.07, 6.45) is 2.38. The van der Waals surface area contributed by atoms with Crippen LogP contribution in [0.1, 0.15) is 12.0 Å². The molecule has 0 saturated heterocycles. The lowest BCUT2D eigenvalue weighted by Crippen LogP contribution is -2.10. The largest absolute Gasteiger partial charge is 0.494 e. The molecule has 0 radical (unpaired) electrons. The molecule has 5 heteroatoms. The van der Waals surface area contributed by atoms with Crippen molar-refractivity contribution in [2.75, 3.05) is 24.2 Å². The Morgan fingerprint density at radius 1 is 1.25 bits per heavy atom. The van der Waals surface area contributed by atoms with Crippen LogP contribution in [0.4, 0.5) is 11.5 Å². The topological polar surface area (TPSA) is 84.0 Å². The van der Waals surface area contributed by atoms with Gasteiger partial charge in [0.2, 0.25) is 0 Å². The van der Waals surface area contributed by atoms with Gasteiger partial charge in [0.15, 0.2) is 5.82 Å². The van der Waals surface area contributed by atoms with Crippen LogP contribution in [0, 0.1) is 11.3 Å². The molecule has 3 N–H and O–H groups in total. The van der Waals surface area contributed by atoms with Crippen molar-refractivity contribution in [3.63, 3.8) is 0 Å². The lowest BCUT2D eigenvalue weighted by atomic mass is 10.2. The van der Waals surface area contributed by atoms with Gasteiger partial charge in [-0.05, 0) is 24.6 Å². The van der Waals surface area contributed by atoms with Crippen LogP contribution in [0.25, 0.3) is 0 Å². The summed E-state index contributed by atoms with van der Waals surface area (Å²) in [6, 6.07) is 13.3. The molecule has 0 atom stereocenters. The number of nitriles is 1. The maximum Gasteiger partial charge on any atom is 0.150 e. The molecule has 0 fully saturated rings. The monoisotopic (exact) mass is 268 g/mol. The summed E-state index contributed by atoms with van der Waals surface area (Å²) in [5.41, 5.74) is 6.64. The van der Waals surface area contributed by atoms with Gasteiger partial charge < -0.3 is 15.8 Å². The summed E-state index contributed by atoms with van der Waals surface area (Å²) in [6.45, 7) is 1.29. The molecule has 0 unspecified atom stereocenters. The fraction of sp³-hybridized carbons (Fsp3) is 0.200. The van der Waals surface area contributed by atoms with Gasteiger partial charge in [0.05, 0.1) is 17.9 Å². The summed E-state index contributed by atoms with van der Waals surface area (Å²) in [7, 11) is 0. The summed E-state index contributed by atoms with van der Waals surface area (Å²) < 4.78 is 5.58. The third-order valence-corrected chi connectivity index (χ3v) is 2.74. The van der Waals surface area contributed by atoms with E-state index in [1.165, 1.54) is 0 Å². The number of hydrogen-bond donors (Lipinski definition) is 2. The number of benzene rings is 1. The third kappa shape index (κ3) is 3.62. The normalized spacial score (nSPS) is 9.75. The maximum absolute atomic E-state index is 8.87. The van der Waals surface area contributed by atoms with E-state index in [1.54, 1.807) is 12.3 Å². The summed E-state index contributed by atoms with van der Waals surface area (Å²) in [5, 5.41) is 12.0. The van der Waals surface area contributed by atoms with Gasteiger partial charge in [-0.15, -0.1) is 0 Å². The van der Waals surface area contributed by atoms with Crippen LogP contribution >= 0.6 is 0 Å². The minimum Gasteiger partial charge on any atom is -0.494 e. The molecule has 0 aliphatic carbocycles. The van der Waals surface area contributed by atoms with Gasteiger partial charge in [0.25, 0.3) is 0 Å². The van der Waals surface area contributed by atoms with Crippen LogP contribution in [-0.2, 0) is 0 Å². The molecule has 0 aliphatic heterocycles. The Labute approximate surface area is 118 Å². The Morgan fingerprint density at radius 2 is 2.05 bits per heavy atom. The van der Waals surface area contributed by atoms with Gasteiger partial charge in [-0.1, -0.05) is 18.2 Å². The van der Waals surface area contributed by atoms with Crippen molar-refractivity contribution in [1.29, 1.82) is 5.26 Å². The number of nitrogens with one attached hydrogen (secondary N) is 1. The molecule has 2 aromatic rings. The highest BCUT2D eigenvalue weighted by Gasteiger charge is 2.04. The highest BCUT2D eigenvalue weighted by Crippen LogP contribution is 2.18. The first-order valence-corrected chi connectivity index (χ1v) is 6.37. The Bertz CT molecular complexity index is 593. The first-order chi connectivity index (χ1) is 9.81. The van der Waals surface area contributed by atoms with Crippen LogP contribution in [0.5, 0.6) is 5.75 Å². The second kappa shape index (κ2) is 7.00. The van der Waals surface area contributed by atoms with Crippen LogP contribution in [-0.4, -0.2) is 18.1 Å². The Kier molecular flexibility index (Phi) is 4.79. The van der Waals surface area contributed by atoms with Crippen molar-refractivity contribution in [3.8, 4) is 11.8 Å². The molecular formula is C15H16N4O. The number of nitrogens with zero attached hydrogens (tertiary/aromatic N) is 2. The Hall–Kier alpha value is -2.74. The minimum absolute atomic E-state index is 0.388. The SMILES string of the molecule is N#Cc1ccnc(NCCCOc2ccccc2)c1N. The number of pyridine rings is 1. The van der Waals surface area contributed by atoms with Gasteiger partial charge in [0.1, 0.15) is 11.8 Å². The van der Waals surface area contributed by atoms with Crippen molar-refractivity contribution >= 4 is 11.5 Å². The number of nitrogens with two attached hydrogens (primary N) is 1. The molecule has 1 aromatic carbocycles. The molecule has 1 heterocycles. The lowest BCUT2D eigenvalue weighted by Gasteiger charge is -2.09. The minimum atomic E-state index is 0.388. The lowest BCUT2D eigenvalue weighted by molar-refractivity contribution is 0.315. The molecule has 2 rings (SSSR count). The van der Waals surface area contributed by atoms with Crippen LogP contribution in [0.3, 0.4) is 0 Å². The maximum atomic E-state index is 8.87. The van der Waals surface area contributed by atoms with Gasteiger partial charge in [-0.25, -0.2) is 4.98 Å². The molecule has 0 bridgehead atoms. The highest BCUT2D eigenvalue weighted by atomic mass is 16.5. The van der Waals surface area contributed by atoms with Gasteiger partial charge in [-0.2, -0.15) is 5.26 Å². The summed E-state index contributed by atoms with van der Waals surface area (Å²) in [4.78, 5) is 4.11. The van der Waals surface area contributed by atoms with E-state index in [0.717, 1.165) is 12.2 Å². The molecule has 0 aliphatic rings. The smallest absolute Gasteiger partial charge is 0.150 e. The fourth-order valence-electron chi connectivity index (χ4n) is 1.70. The van der Waals surface area contributed by atoms with Crippen molar-refractivity contribution in [1.82, 2.24) is 4.98 Å². The molecular weight excluding hydrogens is 252 g/mol. The number of nitrogen functional groups attached to an aromatic ring is 1. The van der Waals surface area contributed by atoms with E-state index in [2.05, 4.69) is 10.3 Å². The zero-order valence-corrected chi connectivity index (χ0v) is 11.0. The van der Waals surface area contributed by atoms with Crippen molar-refractivity contribution in [2.24, 2.45) is 0 Å². The number of anilines is 2. The van der Waals surface area contributed by atoms with E-state index >= 15 is 0 Å². The van der Waals surface area contributed by atoms with E-state index in [9.17, 15) is 0 Å². The second-order valence-corrected chi connectivity index (χ2v) is 4.17. The number of para-hydroxylation sites is 1. The highest BCUT2D eigenvalue weighted by molar-refractivity contribution is 5.68. The van der Waals surface area contributed by atoms with E-state index < -0.39 is 0 Å². The molecule has 0 saturated carbocycles. The Balaban J connectivity index is 1.75. The van der Waals surface area contributed by atoms with E-state index in [1.807, 2.05) is 36.4 Å². The quantitative estimate of drug-likeness (QED) is 0.786. The van der Waals surface area contributed by atoms with Gasteiger partial charge >= 0.3 is 0 Å². The number of hydrogen-bond acceptors (Lipinski definition) is 5. The Morgan fingerprint density at radius 3 is 2.80 bits per heavy atom. The predicted octanol–water partition coefficient (Wildman–Crippen LogP) is 2.42. The molecule has 102 valence electrons. The molecule has 5 nitrogen and oxygen atoms in total. The van der Waals surface area contributed by atoms with Crippen LogP contribution in [0.15, 0.2) is 42.6 Å². The standard InChI is InChI=1S/C15H16N4O/c16-11-12-7-9-19-15(14(12)17)18-8-4-10-20-13-5-2-1-3-6-13/h1-3,5-7,9H,4,8,10,17H2,(H,18,19). The number of ether oxygens (including phenoxy) is 1. The third-order valence-electron chi connectivity index (χ3n) is 2.74. The van der Waals surface area contributed by atoms with Crippen molar-refractivity contribution in [3.05, 3.63) is 48.2 Å². The molecule has 20 heavy (non-hydrogen) atoms. The van der Waals surface area contributed by atoms with Gasteiger partial charge in [0, 0.05) is 12.7 Å².